The molecular formula is C12H24N2O2S. The summed E-state index contributed by atoms with van der Waals surface area (Å²) in [6.45, 7) is 4.57. The molecule has 5 heteroatoms. The highest BCUT2D eigenvalue weighted by molar-refractivity contribution is 7.84. The molecule has 17 heavy (non-hydrogen) atoms. The summed E-state index contributed by atoms with van der Waals surface area (Å²) < 4.78 is 11.1. The Morgan fingerprint density at radius 3 is 2.94 bits per heavy atom. The van der Waals surface area contributed by atoms with Crippen LogP contribution in [-0.4, -0.2) is 41.3 Å². The maximum atomic E-state index is 11.6. The van der Waals surface area contributed by atoms with Gasteiger partial charge in [-0.25, -0.2) is 0 Å². The lowest BCUT2D eigenvalue weighted by molar-refractivity contribution is -0.121. The van der Waals surface area contributed by atoms with Crippen molar-refractivity contribution in [2.45, 2.75) is 37.9 Å². The van der Waals surface area contributed by atoms with E-state index in [9.17, 15) is 9.00 Å². The second kappa shape index (κ2) is 7.82. The Bertz CT molecular complexity index is 265. The number of amides is 1. The third kappa shape index (κ3) is 6.17. The van der Waals surface area contributed by atoms with Crippen molar-refractivity contribution in [2.75, 3.05) is 25.9 Å². The first-order valence-electron chi connectivity index (χ1n) is 6.39. The smallest absolute Gasteiger partial charge is 0.220 e. The molecule has 0 aromatic heterocycles. The van der Waals surface area contributed by atoms with Gasteiger partial charge in [0.2, 0.25) is 5.91 Å². The van der Waals surface area contributed by atoms with Gasteiger partial charge in [0.1, 0.15) is 0 Å². The Labute approximate surface area is 106 Å². The minimum Gasteiger partial charge on any atom is -0.355 e. The molecule has 3 atom stereocenters. The van der Waals surface area contributed by atoms with Crippen LogP contribution in [0, 0.1) is 5.92 Å². The van der Waals surface area contributed by atoms with Crippen LogP contribution in [0.2, 0.25) is 0 Å². The predicted octanol–water partition coefficient (Wildman–Crippen LogP) is 0.649. The summed E-state index contributed by atoms with van der Waals surface area (Å²) in [6.07, 6.45) is 5.68. The Balaban J connectivity index is 2.10. The van der Waals surface area contributed by atoms with E-state index in [-0.39, 0.29) is 11.2 Å². The maximum Gasteiger partial charge on any atom is 0.220 e. The van der Waals surface area contributed by atoms with Gasteiger partial charge in [-0.1, -0.05) is 0 Å². The van der Waals surface area contributed by atoms with E-state index in [1.807, 2.05) is 6.92 Å². The third-order valence-electron chi connectivity index (χ3n) is 3.33. The molecule has 0 bridgehead atoms. The fourth-order valence-electron chi connectivity index (χ4n) is 1.97. The third-order valence-corrected chi connectivity index (χ3v) is 4.63. The average Bonchev–Trinajstić information content (AvgIpc) is 2.34. The van der Waals surface area contributed by atoms with Gasteiger partial charge in [0.15, 0.2) is 0 Å². The number of nitrogens with one attached hydrogen (secondary N) is 2. The van der Waals surface area contributed by atoms with Crippen LogP contribution in [0.1, 0.15) is 32.6 Å². The lowest BCUT2D eigenvalue weighted by Gasteiger charge is -2.22. The molecule has 0 radical (unpaired) electrons. The quantitative estimate of drug-likeness (QED) is 0.737. The first kappa shape index (κ1) is 14.6. The summed E-state index contributed by atoms with van der Waals surface area (Å²) in [5.74, 6) is 0.736. The van der Waals surface area contributed by atoms with Crippen LogP contribution in [0.15, 0.2) is 0 Å². The predicted molar refractivity (Wildman–Crippen MR) is 71.4 cm³/mol. The number of carbonyl (C=O) groups is 1. The molecule has 0 aromatic carbocycles. The second-order valence-electron chi connectivity index (χ2n) is 4.86. The molecule has 1 heterocycles. The summed E-state index contributed by atoms with van der Waals surface area (Å²) in [7, 11) is -0.860. The molecule has 0 spiro atoms. The van der Waals surface area contributed by atoms with Gasteiger partial charge in [0.25, 0.3) is 0 Å². The fourth-order valence-corrected chi connectivity index (χ4v) is 2.29. The van der Waals surface area contributed by atoms with Crippen molar-refractivity contribution in [2.24, 2.45) is 5.92 Å². The van der Waals surface area contributed by atoms with Crippen LogP contribution in [0.3, 0.4) is 0 Å². The van der Waals surface area contributed by atoms with Crippen LogP contribution in [0.4, 0.5) is 0 Å². The molecule has 100 valence electrons. The van der Waals surface area contributed by atoms with Crippen molar-refractivity contribution in [3.8, 4) is 0 Å². The molecule has 3 unspecified atom stereocenters. The van der Waals surface area contributed by atoms with Crippen LogP contribution < -0.4 is 10.6 Å². The molecule has 4 nitrogen and oxygen atoms in total. The molecule has 0 aliphatic carbocycles. The average molecular weight is 260 g/mol. The molecule has 1 aliphatic rings. The van der Waals surface area contributed by atoms with Crippen molar-refractivity contribution in [1.82, 2.24) is 10.6 Å². The van der Waals surface area contributed by atoms with Crippen molar-refractivity contribution < 1.29 is 9.00 Å². The summed E-state index contributed by atoms with van der Waals surface area (Å²) in [5, 5.41) is 6.24. The van der Waals surface area contributed by atoms with E-state index in [4.69, 9.17) is 0 Å². The van der Waals surface area contributed by atoms with Gasteiger partial charge in [-0.05, 0) is 45.2 Å². The highest BCUT2D eigenvalue weighted by atomic mass is 32.2. The Hall–Kier alpha value is -0.420. The molecule has 0 aromatic rings. The molecule has 1 aliphatic heterocycles. The van der Waals surface area contributed by atoms with E-state index < -0.39 is 10.8 Å². The van der Waals surface area contributed by atoms with Gasteiger partial charge in [-0.15, -0.1) is 0 Å². The fraction of sp³-hybridized carbons (Fsp3) is 0.917. The van der Waals surface area contributed by atoms with E-state index in [1.54, 1.807) is 6.26 Å². The van der Waals surface area contributed by atoms with Gasteiger partial charge in [0, 0.05) is 35.3 Å². The molecule has 1 fully saturated rings. The molecule has 0 saturated carbocycles. The zero-order chi connectivity index (χ0) is 12.7. The van der Waals surface area contributed by atoms with Crippen LogP contribution in [-0.2, 0) is 15.6 Å². The molecule has 1 rings (SSSR count). The van der Waals surface area contributed by atoms with E-state index in [2.05, 4.69) is 10.6 Å². The maximum absolute atomic E-state index is 11.6. The molecule has 2 N–H and O–H groups in total. The summed E-state index contributed by atoms with van der Waals surface area (Å²) in [4.78, 5) is 11.6. The summed E-state index contributed by atoms with van der Waals surface area (Å²) >= 11 is 0. The Morgan fingerprint density at radius 1 is 1.59 bits per heavy atom. The number of hydrogen-bond donors (Lipinski definition) is 2. The van der Waals surface area contributed by atoms with Crippen molar-refractivity contribution >= 4 is 16.7 Å². The van der Waals surface area contributed by atoms with Crippen LogP contribution >= 0.6 is 0 Å². The van der Waals surface area contributed by atoms with E-state index in [0.29, 0.717) is 18.9 Å². The number of rotatable bonds is 6. The summed E-state index contributed by atoms with van der Waals surface area (Å²) in [6, 6.07) is 0. The Kier molecular flexibility index (Phi) is 6.73. The van der Waals surface area contributed by atoms with Crippen LogP contribution in [0.5, 0.6) is 0 Å². The highest BCUT2D eigenvalue weighted by Gasteiger charge is 2.15. The van der Waals surface area contributed by atoms with Gasteiger partial charge in [-0.3, -0.25) is 9.00 Å². The monoisotopic (exact) mass is 260 g/mol. The first-order chi connectivity index (χ1) is 8.09. The number of carbonyl (C=O) groups excluding carboxylic acids is 1. The lowest BCUT2D eigenvalue weighted by atomic mass is 9.94. The van der Waals surface area contributed by atoms with Gasteiger partial charge >= 0.3 is 0 Å². The van der Waals surface area contributed by atoms with E-state index in [0.717, 1.165) is 19.5 Å². The van der Waals surface area contributed by atoms with Gasteiger partial charge in [0.05, 0.1) is 0 Å². The first-order valence-corrected chi connectivity index (χ1v) is 8.01. The van der Waals surface area contributed by atoms with E-state index >= 15 is 0 Å². The molecule has 1 amide bonds. The largest absolute Gasteiger partial charge is 0.355 e. The van der Waals surface area contributed by atoms with E-state index in [1.165, 1.54) is 12.8 Å². The standard InChI is InChI=1S/C12H24N2O2S/c1-10(17(2)16)8-14-12(15)6-5-11-4-3-7-13-9-11/h10-11,13H,3-9H2,1-2H3,(H,14,15). The zero-order valence-corrected chi connectivity index (χ0v) is 11.6. The van der Waals surface area contributed by atoms with Crippen molar-refractivity contribution in [1.29, 1.82) is 0 Å². The molecule has 1 saturated heterocycles. The minimum absolute atomic E-state index is 0.0373. The van der Waals surface area contributed by atoms with Gasteiger partial charge in [-0.2, -0.15) is 0 Å². The minimum atomic E-state index is -0.860. The topological polar surface area (TPSA) is 58.2 Å². The lowest BCUT2D eigenvalue weighted by Crippen LogP contribution is -2.34. The molecular weight excluding hydrogens is 236 g/mol. The highest BCUT2D eigenvalue weighted by Crippen LogP contribution is 2.15. The van der Waals surface area contributed by atoms with Gasteiger partial charge < -0.3 is 10.6 Å². The summed E-state index contributed by atoms with van der Waals surface area (Å²) in [5.41, 5.74) is 0. The van der Waals surface area contributed by atoms with Crippen molar-refractivity contribution in [3.05, 3.63) is 0 Å². The second-order valence-corrected chi connectivity index (χ2v) is 6.67. The number of hydrogen-bond acceptors (Lipinski definition) is 3. The SMILES string of the molecule is CC(CNC(=O)CCC1CCCNC1)S(C)=O. The van der Waals surface area contributed by atoms with Crippen LogP contribution in [0.25, 0.3) is 0 Å². The number of piperidine rings is 1. The zero-order valence-electron chi connectivity index (χ0n) is 10.8. The Morgan fingerprint density at radius 2 is 2.35 bits per heavy atom. The van der Waals surface area contributed by atoms with Crippen molar-refractivity contribution in [3.63, 3.8) is 0 Å². The normalized spacial score (nSPS) is 24.0.